The molecule has 0 fully saturated rings. The first-order valence-electron chi connectivity index (χ1n) is 6.43. The molecule has 0 spiro atoms. The zero-order valence-corrected chi connectivity index (χ0v) is 14.3. The third-order valence-corrected chi connectivity index (χ3v) is 4.44. The lowest BCUT2D eigenvalue weighted by Crippen LogP contribution is -2.15. The molecule has 0 unspecified atom stereocenters. The fraction of sp³-hybridized carbons (Fsp3) is 0.0714. The number of aromatic nitrogens is 1. The van der Waals surface area contributed by atoms with Crippen LogP contribution in [0, 0.1) is 10.1 Å². The Morgan fingerprint density at radius 2 is 2.12 bits per heavy atom. The molecule has 2 N–H and O–H groups in total. The van der Waals surface area contributed by atoms with Crippen LogP contribution in [0.4, 0.5) is 11.4 Å². The third-order valence-electron chi connectivity index (χ3n) is 2.78. The summed E-state index contributed by atoms with van der Waals surface area (Å²) in [6, 6.07) is 6.87. The Morgan fingerprint density at radius 3 is 2.75 bits per heavy atom. The molecule has 1 aromatic heterocycles. The Hall–Kier alpha value is -2.46. The first-order valence-corrected chi connectivity index (χ1v) is 8.21. The van der Waals surface area contributed by atoms with Crippen molar-refractivity contribution < 1.29 is 19.6 Å². The van der Waals surface area contributed by atoms with Crippen LogP contribution in [0.2, 0.25) is 0 Å². The van der Waals surface area contributed by atoms with E-state index in [-0.39, 0.29) is 22.0 Å². The van der Waals surface area contributed by atoms with E-state index in [1.807, 2.05) is 0 Å². The van der Waals surface area contributed by atoms with E-state index in [2.05, 4.69) is 26.2 Å². The zero-order chi connectivity index (χ0) is 17.7. The first-order chi connectivity index (χ1) is 11.4. The number of non-ortho nitro benzene ring substituents is 1. The molecule has 0 atom stereocenters. The van der Waals surface area contributed by atoms with E-state index in [0.29, 0.717) is 10.2 Å². The number of aromatic carboxylic acids is 1. The van der Waals surface area contributed by atoms with Crippen molar-refractivity contribution in [2.24, 2.45) is 0 Å². The zero-order valence-electron chi connectivity index (χ0n) is 11.9. The summed E-state index contributed by atoms with van der Waals surface area (Å²) in [6.45, 7) is 0. The molecule has 1 heterocycles. The van der Waals surface area contributed by atoms with Crippen LogP contribution in [0.25, 0.3) is 0 Å². The van der Waals surface area contributed by atoms with Crippen LogP contribution < -0.4 is 5.32 Å². The molecule has 124 valence electrons. The SMILES string of the molecule is O=C(CSc1ncccc1C(=O)O)Nc1ccc([N+](=O)[O-])cc1Br. The number of halogens is 1. The predicted molar refractivity (Wildman–Crippen MR) is 91.3 cm³/mol. The Morgan fingerprint density at radius 1 is 1.38 bits per heavy atom. The lowest BCUT2D eigenvalue weighted by Gasteiger charge is -2.08. The van der Waals surface area contributed by atoms with Crippen molar-refractivity contribution in [3.8, 4) is 0 Å². The highest BCUT2D eigenvalue weighted by Crippen LogP contribution is 2.27. The smallest absolute Gasteiger partial charge is 0.338 e. The number of carbonyl (C=O) groups is 2. The van der Waals surface area contributed by atoms with Gasteiger partial charge in [0.25, 0.3) is 5.69 Å². The maximum absolute atomic E-state index is 12.0. The maximum Gasteiger partial charge on any atom is 0.338 e. The molecule has 2 aromatic rings. The number of amides is 1. The van der Waals surface area contributed by atoms with Crippen LogP contribution in [0.5, 0.6) is 0 Å². The summed E-state index contributed by atoms with van der Waals surface area (Å²) < 4.78 is 0.374. The highest BCUT2D eigenvalue weighted by Gasteiger charge is 2.14. The maximum atomic E-state index is 12.0. The lowest BCUT2D eigenvalue weighted by molar-refractivity contribution is -0.384. The van der Waals surface area contributed by atoms with Gasteiger partial charge in [0.05, 0.1) is 21.9 Å². The molecule has 1 aromatic carbocycles. The van der Waals surface area contributed by atoms with Gasteiger partial charge in [-0.1, -0.05) is 11.8 Å². The first kappa shape index (κ1) is 17.9. The highest BCUT2D eigenvalue weighted by atomic mass is 79.9. The minimum atomic E-state index is -1.12. The summed E-state index contributed by atoms with van der Waals surface area (Å²) in [5.41, 5.74) is 0.298. The second kappa shape index (κ2) is 7.88. The highest BCUT2D eigenvalue weighted by molar-refractivity contribution is 9.10. The second-order valence-corrected chi connectivity index (χ2v) is 6.24. The van der Waals surface area contributed by atoms with Crippen molar-refractivity contribution in [1.82, 2.24) is 4.98 Å². The van der Waals surface area contributed by atoms with Gasteiger partial charge in [-0.15, -0.1) is 0 Å². The molecule has 24 heavy (non-hydrogen) atoms. The molecule has 2 rings (SSSR count). The minimum absolute atomic E-state index is 0.0202. The van der Waals surface area contributed by atoms with Crippen molar-refractivity contribution in [3.63, 3.8) is 0 Å². The van der Waals surface area contributed by atoms with E-state index in [9.17, 15) is 19.7 Å². The summed E-state index contributed by atoms with van der Waals surface area (Å²) in [4.78, 5) is 37.1. The number of pyridine rings is 1. The molecular formula is C14H10BrN3O5S. The molecule has 0 saturated heterocycles. The van der Waals surface area contributed by atoms with E-state index < -0.39 is 16.8 Å². The number of thioether (sulfide) groups is 1. The summed E-state index contributed by atoms with van der Waals surface area (Å²) in [7, 11) is 0. The fourth-order valence-electron chi connectivity index (χ4n) is 1.71. The second-order valence-electron chi connectivity index (χ2n) is 4.42. The van der Waals surface area contributed by atoms with E-state index in [1.54, 1.807) is 0 Å². The van der Waals surface area contributed by atoms with Crippen LogP contribution in [0.15, 0.2) is 46.0 Å². The number of hydrogen-bond donors (Lipinski definition) is 2. The van der Waals surface area contributed by atoms with Gasteiger partial charge >= 0.3 is 5.97 Å². The van der Waals surface area contributed by atoms with Crippen molar-refractivity contribution >= 4 is 50.9 Å². The average Bonchev–Trinajstić information content (AvgIpc) is 2.54. The number of anilines is 1. The van der Waals surface area contributed by atoms with E-state index in [1.165, 1.54) is 36.5 Å². The van der Waals surface area contributed by atoms with Gasteiger partial charge in [-0.3, -0.25) is 14.9 Å². The monoisotopic (exact) mass is 411 g/mol. The number of nitrogens with one attached hydrogen (secondary N) is 1. The molecule has 8 nitrogen and oxygen atoms in total. The molecular weight excluding hydrogens is 402 g/mol. The van der Waals surface area contributed by atoms with Gasteiger partial charge < -0.3 is 10.4 Å². The van der Waals surface area contributed by atoms with Gasteiger partial charge in [0.2, 0.25) is 5.91 Å². The number of nitrogens with zero attached hydrogens (tertiary/aromatic N) is 2. The van der Waals surface area contributed by atoms with E-state index in [4.69, 9.17) is 5.11 Å². The van der Waals surface area contributed by atoms with E-state index >= 15 is 0 Å². The number of carbonyl (C=O) groups excluding carboxylic acids is 1. The number of benzene rings is 1. The predicted octanol–water partition coefficient (Wildman–Crippen LogP) is 3.18. The molecule has 0 aliphatic carbocycles. The summed E-state index contributed by atoms with van der Waals surface area (Å²) >= 11 is 4.14. The van der Waals surface area contributed by atoms with Crippen molar-refractivity contribution in [2.45, 2.75) is 5.03 Å². The lowest BCUT2D eigenvalue weighted by atomic mass is 10.3. The number of carboxylic acid groups (broad SMARTS) is 1. The summed E-state index contributed by atoms with van der Waals surface area (Å²) in [5.74, 6) is -1.57. The van der Waals surface area contributed by atoms with Crippen LogP contribution in [0.3, 0.4) is 0 Å². The Balaban J connectivity index is 2.02. The Bertz CT molecular complexity index is 815. The van der Waals surface area contributed by atoms with Gasteiger partial charge in [-0.2, -0.15) is 0 Å². The molecule has 0 saturated carbocycles. The van der Waals surface area contributed by atoms with Gasteiger partial charge in [0, 0.05) is 22.8 Å². The molecule has 1 amide bonds. The van der Waals surface area contributed by atoms with Gasteiger partial charge in [-0.25, -0.2) is 9.78 Å². The number of nitro benzene ring substituents is 1. The fourth-order valence-corrected chi connectivity index (χ4v) is 2.96. The van der Waals surface area contributed by atoms with Crippen LogP contribution >= 0.6 is 27.7 Å². The van der Waals surface area contributed by atoms with Crippen molar-refractivity contribution in [1.29, 1.82) is 0 Å². The quantitative estimate of drug-likeness (QED) is 0.424. The molecule has 10 heteroatoms. The minimum Gasteiger partial charge on any atom is -0.478 e. The average molecular weight is 412 g/mol. The number of carboxylic acids is 1. The van der Waals surface area contributed by atoms with Crippen LogP contribution in [0.1, 0.15) is 10.4 Å². The molecule has 0 radical (unpaired) electrons. The van der Waals surface area contributed by atoms with Gasteiger partial charge in [0.1, 0.15) is 5.03 Å². The molecule has 0 aliphatic heterocycles. The standard InChI is InChI=1S/C14H10BrN3O5S/c15-10-6-8(18(22)23)3-4-11(10)17-12(19)7-24-13-9(14(20)21)2-1-5-16-13/h1-6H,7H2,(H,17,19)(H,20,21). The number of hydrogen-bond acceptors (Lipinski definition) is 6. The van der Waals surface area contributed by atoms with E-state index in [0.717, 1.165) is 11.8 Å². The van der Waals surface area contributed by atoms with Crippen LogP contribution in [-0.4, -0.2) is 32.6 Å². The Labute approximate surface area is 148 Å². The number of nitro groups is 1. The normalized spacial score (nSPS) is 10.2. The topological polar surface area (TPSA) is 122 Å². The summed E-state index contributed by atoms with van der Waals surface area (Å²) in [6.07, 6.45) is 1.44. The van der Waals surface area contributed by atoms with Crippen LogP contribution in [-0.2, 0) is 4.79 Å². The molecule has 0 bridgehead atoms. The van der Waals surface area contributed by atoms with Crippen molar-refractivity contribution in [2.75, 3.05) is 11.1 Å². The van der Waals surface area contributed by atoms with Gasteiger partial charge in [-0.05, 0) is 34.1 Å². The van der Waals surface area contributed by atoms with Crippen molar-refractivity contribution in [3.05, 3.63) is 56.7 Å². The summed E-state index contributed by atoms with van der Waals surface area (Å²) in [5, 5.41) is 22.6. The van der Waals surface area contributed by atoms with Gasteiger partial charge in [0.15, 0.2) is 0 Å². The Kier molecular flexibility index (Phi) is 5.88. The number of rotatable bonds is 6. The molecule has 0 aliphatic rings. The largest absolute Gasteiger partial charge is 0.478 e. The third kappa shape index (κ3) is 4.52.